The molecule has 0 bridgehead atoms. The molecule has 3 rings (SSSR count). The highest BCUT2D eigenvalue weighted by Crippen LogP contribution is 2.36. The quantitative estimate of drug-likeness (QED) is 0.552. The van der Waals surface area contributed by atoms with E-state index in [1.54, 1.807) is 13.0 Å². The molecule has 0 unspecified atom stereocenters. The van der Waals surface area contributed by atoms with Crippen LogP contribution in [0, 0.1) is 6.92 Å². The first kappa shape index (κ1) is 20.4. The Morgan fingerprint density at radius 1 is 1.00 bits per heavy atom. The van der Waals surface area contributed by atoms with Crippen LogP contribution >= 0.6 is 0 Å². The van der Waals surface area contributed by atoms with Gasteiger partial charge in [0, 0.05) is 29.3 Å². The molecule has 0 saturated heterocycles. The average Bonchev–Trinajstić information content (AvgIpc) is 2.63. The van der Waals surface area contributed by atoms with E-state index in [2.05, 4.69) is 14.7 Å². The molecule has 5 N–H and O–H groups in total. The van der Waals surface area contributed by atoms with Crippen LogP contribution in [0.25, 0.3) is 11.1 Å². The third kappa shape index (κ3) is 4.40. The zero-order chi connectivity index (χ0) is 21.4. The molecule has 29 heavy (non-hydrogen) atoms. The highest BCUT2D eigenvalue weighted by Gasteiger charge is 2.37. The van der Waals surface area contributed by atoms with Crippen LogP contribution in [0.3, 0.4) is 0 Å². The monoisotopic (exact) mass is 423 g/mol. The van der Waals surface area contributed by atoms with Crippen molar-refractivity contribution in [1.29, 1.82) is 0 Å². The van der Waals surface area contributed by atoms with Gasteiger partial charge in [-0.2, -0.15) is 13.2 Å². The van der Waals surface area contributed by atoms with E-state index in [9.17, 15) is 21.6 Å². The minimum absolute atomic E-state index is 0.0753. The highest BCUT2D eigenvalue weighted by atomic mass is 32.2. The summed E-state index contributed by atoms with van der Waals surface area (Å²) in [6.07, 6.45) is -1.96. The number of hydrogen-bond donors (Lipinski definition) is 3. The summed E-state index contributed by atoms with van der Waals surface area (Å²) in [6, 6.07) is 7.04. The van der Waals surface area contributed by atoms with Crippen molar-refractivity contribution in [2.45, 2.75) is 18.0 Å². The van der Waals surface area contributed by atoms with Gasteiger partial charge < -0.3 is 11.5 Å². The maximum absolute atomic E-state index is 13.3. The van der Waals surface area contributed by atoms with E-state index in [1.165, 1.54) is 24.5 Å². The van der Waals surface area contributed by atoms with Gasteiger partial charge in [0.05, 0.1) is 10.5 Å². The number of sulfonamides is 1. The molecule has 7 nitrogen and oxygen atoms in total. The summed E-state index contributed by atoms with van der Waals surface area (Å²) in [5, 5.41) is 0. The smallest absolute Gasteiger partial charge is 0.399 e. The molecule has 0 atom stereocenters. The number of hydrogen-bond acceptors (Lipinski definition) is 6. The first-order chi connectivity index (χ1) is 13.5. The van der Waals surface area contributed by atoms with E-state index in [0.717, 1.165) is 17.7 Å². The Labute approximate surface area is 164 Å². The van der Waals surface area contributed by atoms with Gasteiger partial charge in [0.25, 0.3) is 10.0 Å². The average molecular weight is 423 g/mol. The predicted molar refractivity (Wildman–Crippen MR) is 103 cm³/mol. The second kappa shape index (κ2) is 7.24. The highest BCUT2D eigenvalue weighted by molar-refractivity contribution is 7.92. The molecule has 0 aliphatic heterocycles. The molecule has 0 aliphatic carbocycles. The third-order valence-electron chi connectivity index (χ3n) is 4.07. The van der Waals surface area contributed by atoms with Crippen molar-refractivity contribution in [3.8, 4) is 11.1 Å². The summed E-state index contributed by atoms with van der Waals surface area (Å²) >= 11 is 0. The van der Waals surface area contributed by atoms with E-state index >= 15 is 0 Å². The first-order valence-electron chi connectivity index (χ1n) is 8.15. The number of nitrogens with zero attached hydrogens (tertiary/aromatic N) is 2. The van der Waals surface area contributed by atoms with Gasteiger partial charge in [-0.15, -0.1) is 0 Å². The zero-order valence-corrected chi connectivity index (χ0v) is 15.8. The number of alkyl halides is 3. The Morgan fingerprint density at radius 3 is 2.28 bits per heavy atom. The number of rotatable bonds is 4. The fraction of sp³-hybridized carbons (Fsp3) is 0.111. The van der Waals surface area contributed by atoms with Crippen LogP contribution in [0.1, 0.15) is 11.1 Å². The van der Waals surface area contributed by atoms with Crippen molar-refractivity contribution >= 4 is 27.3 Å². The molecule has 3 aromatic rings. The molecule has 152 valence electrons. The lowest BCUT2D eigenvalue weighted by Crippen LogP contribution is -2.19. The van der Waals surface area contributed by atoms with Crippen molar-refractivity contribution in [2.75, 3.05) is 16.2 Å². The second-order valence-electron chi connectivity index (χ2n) is 6.22. The van der Waals surface area contributed by atoms with E-state index in [1.807, 2.05) is 0 Å². The van der Waals surface area contributed by atoms with Gasteiger partial charge in [-0.1, -0.05) is 6.07 Å². The minimum atomic E-state index is -4.89. The first-order valence-corrected chi connectivity index (χ1v) is 9.64. The molecular formula is C18H16F3N5O2S. The fourth-order valence-corrected chi connectivity index (χ4v) is 3.95. The number of halogens is 3. The maximum Gasteiger partial charge on any atom is 0.417 e. The number of anilines is 3. The molecular weight excluding hydrogens is 407 g/mol. The molecule has 0 aliphatic rings. The molecule has 1 aromatic heterocycles. The number of nitrogens with two attached hydrogens (primary N) is 2. The van der Waals surface area contributed by atoms with Gasteiger partial charge in [0.1, 0.15) is 0 Å². The Morgan fingerprint density at radius 2 is 1.66 bits per heavy atom. The molecule has 1 heterocycles. The number of aromatic nitrogens is 2. The van der Waals surface area contributed by atoms with Crippen LogP contribution in [0.2, 0.25) is 0 Å². The zero-order valence-electron chi connectivity index (χ0n) is 15.0. The Kier molecular flexibility index (Phi) is 5.09. The molecule has 2 aromatic carbocycles. The van der Waals surface area contributed by atoms with Crippen molar-refractivity contribution in [1.82, 2.24) is 9.97 Å². The second-order valence-corrected chi connectivity index (χ2v) is 7.87. The largest absolute Gasteiger partial charge is 0.417 e. The van der Waals surface area contributed by atoms with Crippen LogP contribution in [0.4, 0.5) is 30.5 Å². The van der Waals surface area contributed by atoms with Crippen molar-refractivity contribution in [3.63, 3.8) is 0 Å². The fourth-order valence-electron chi connectivity index (χ4n) is 2.69. The van der Waals surface area contributed by atoms with Crippen LogP contribution in [-0.4, -0.2) is 18.4 Å². The minimum Gasteiger partial charge on any atom is -0.399 e. The van der Waals surface area contributed by atoms with Gasteiger partial charge in [-0.05, 0) is 48.4 Å². The van der Waals surface area contributed by atoms with Gasteiger partial charge >= 0.3 is 6.18 Å². The van der Waals surface area contributed by atoms with Gasteiger partial charge in [0.15, 0.2) is 0 Å². The summed E-state index contributed by atoms with van der Waals surface area (Å²) in [7, 11) is -4.54. The number of nitrogen functional groups attached to an aromatic ring is 2. The van der Waals surface area contributed by atoms with E-state index in [4.69, 9.17) is 11.5 Å². The lowest BCUT2D eigenvalue weighted by molar-refractivity contribution is -0.139. The summed E-state index contributed by atoms with van der Waals surface area (Å²) in [4.78, 5) is 6.85. The topological polar surface area (TPSA) is 124 Å². The van der Waals surface area contributed by atoms with Crippen LogP contribution in [-0.2, 0) is 16.2 Å². The van der Waals surface area contributed by atoms with Crippen molar-refractivity contribution in [2.24, 2.45) is 0 Å². The summed E-state index contributed by atoms with van der Waals surface area (Å²) in [5.74, 6) is 0.0753. The number of nitrogens with one attached hydrogen (secondary N) is 1. The number of aryl methyl sites for hydroxylation is 1. The third-order valence-corrected chi connectivity index (χ3v) is 5.51. The van der Waals surface area contributed by atoms with E-state index < -0.39 is 26.7 Å². The maximum atomic E-state index is 13.3. The molecule has 0 radical (unpaired) electrons. The van der Waals surface area contributed by atoms with Crippen LogP contribution < -0.4 is 16.2 Å². The SMILES string of the molecule is Cc1ccc(NS(=O)(=O)c2ccc(N)cc2C(F)(F)F)cc1-c1cnc(N)nc1. The normalized spacial score (nSPS) is 12.0. The van der Waals surface area contributed by atoms with Crippen molar-refractivity contribution in [3.05, 3.63) is 59.9 Å². The molecule has 0 fully saturated rings. The Balaban J connectivity index is 2.02. The standard InChI is InChI=1S/C18H16F3N5O2S/c1-10-2-4-13(7-14(10)11-8-24-17(23)25-9-11)26-29(27,28)16-5-3-12(22)6-15(16)18(19,20)21/h2-9,26H,22H2,1H3,(H2,23,24,25). The van der Waals surface area contributed by atoms with Gasteiger partial charge in [-0.25, -0.2) is 18.4 Å². The van der Waals surface area contributed by atoms with Gasteiger partial charge in [-0.3, -0.25) is 4.72 Å². The van der Waals surface area contributed by atoms with Gasteiger partial charge in [0.2, 0.25) is 5.95 Å². The Bertz CT molecular complexity index is 1160. The Hall–Kier alpha value is -3.34. The summed E-state index contributed by atoms with van der Waals surface area (Å²) < 4.78 is 67.4. The number of benzene rings is 2. The van der Waals surface area contributed by atoms with Crippen LogP contribution in [0.5, 0.6) is 0 Å². The molecule has 0 saturated carbocycles. The summed E-state index contributed by atoms with van der Waals surface area (Å²) in [6.45, 7) is 1.78. The molecule has 0 spiro atoms. The predicted octanol–water partition coefficient (Wildman–Crippen LogP) is 3.44. The summed E-state index contributed by atoms with van der Waals surface area (Å²) in [5.41, 5.74) is 11.3. The van der Waals surface area contributed by atoms with E-state index in [0.29, 0.717) is 17.2 Å². The lowest BCUT2D eigenvalue weighted by Gasteiger charge is -2.16. The molecule has 0 amide bonds. The molecule has 11 heteroatoms. The van der Waals surface area contributed by atoms with Crippen molar-refractivity contribution < 1.29 is 21.6 Å². The lowest BCUT2D eigenvalue weighted by atomic mass is 10.0. The van der Waals surface area contributed by atoms with E-state index in [-0.39, 0.29) is 17.3 Å². The van der Waals surface area contributed by atoms with Crippen LogP contribution in [0.15, 0.2) is 53.7 Å².